The van der Waals surface area contributed by atoms with E-state index in [-0.39, 0.29) is 0 Å². The molecule has 1 heterocycles. The summed E-state index contributed by atoms with van der Waals surface area (Å²) in [6, 6.07) is 31.2. The number of fused-ring (bicyclic) bond motifs is 1. The van der Waals surface area contributed by atoms with Crippen LogP contribution in [0.25, 0.3) is 10.9 Å². The van der Waals surface area contributed by atoms with Crippen molar-refractivity contribution in [2.45, 2.75) is 13.2 Å². The normalized spacial score (nSPS) is 10.7. The third-order valence-corrected chi connectivity index (χ3v) is 4.34. The van der Waals surface area contributed by atoms with Crippen molar-refractivity contribution in [3.8, 4) is 5.75 Å². The largest absolute Gasteiger partial charge is 0.488 e. The van der Waals surface area contributed by atoms with Crippen molar-refractivity contribution in [3.63, 3.8) is 0 Å². The molecule has 0 amide bonds. The van der Waals surface area contributed by atoms with Gasteiger partial charge in [0.1, 0.15) is 12.4 Å². The molecular formula is C23H20NO+. The van der Waals surface area contributed by atoms with Crippen molar-refractivity contribution in [3.05, 3.63) is 108 Å². The molecule has 0 unspecified atom stereocenters. The van der Waals surface area contributed by atoms with E-state index in [0.29, 0.717) is 6.61 Å². The molecular weight excluding hydrogens is 306 g/mol. The average molecular weight is 326 g/mol. The van der Waals surface area contributed by atoms with E-state index in [1.165, 1.54) is 22.0 Å². The van der Waals surface area contributed by atoms with Gasteiger partial charge in [-0.1, -0.05) is 54.6 Å². The van der Waals surface area contributed by atoms with Crippen LogP contribution >= 0.6 is 0 Å². The van der Waals surface area contributed by atoms with Crippen molar-refractivity contribution in [2.24, 2.45) is 0 Å². The Morgan fingerprint density at radius 2 is 1.40 bits per heavy atom. The van der Waals surface area contributed by atoms with E-state index < -0.39 is 0 Å². The van der Waals surface area contributed by atoms with Crippen LogP contribution in [-0.2, 0) is 13.2 Å². The summed E-state index contributed by atoms with van der Waals surface area (Å²) >= 11 is 0. The molecule has 25 heavy (non-hydrogen) atoms. The smallest absolute Gasteiger partial charge is 0.212 e. The molecule has 0 saturated heterocycles. The fourth-order valence-corrected chi connectivity index (χ4v) is 3.05. The van der Waals surface area contributed by atoms with Crippen molar-refractivity contribution in [1.29, 1.82) is 0 Å². The van der Waals surface area contributed by atoms with Gasteiger partial charge in [-0.2, -0.15) is 4.57 Å². The minimum Gasteiger partial charge on any atom is -0.488 e. The Morgan fingerprint density at radius 3 is 2.32 bits per heavy atom. The average Bonchev–Trinajstić information content (AvgIpc) is 2.68. The summed E-state index contributed by atoms with van der Waals surface area (Å²) in [5.41, 5.74) is 3.58. The highest BCUT2D eigenvalue weighted by molar-refractivity contribution is 5.74. The second kappa shape index (κ2) is 7.18. The second-order valence-electron chi connectivity index (χ2n) is 6.08. The predicted molar refractivity (Wildman–Crippen MR) is 100 cm³/mol. The lowest BCUT2D eigenvalue weighted by Gasteiger charge is -2.10. The number of hydrogen-bond acceptors (Lipinski definition) is 1. The van der Waals surface area contributed by atoms with Crippen molar-refractivity contribution < 1.29 is 9.30 Å². The van der Waals surface area contributed by atoms with E-state index in [4.69, 9.17) is 4.74 Å². The number of aromatic nitrogens is 1. The molecule has 4 aromatic rings. The Hall–Kier alpha value is -3.13. The zero-order valence-corrected chi connectivity index (χ0v) is 14.0. The van der Waals surface area contributed by atoms with Crippen LogP contribution in [0.15, 0.2) is 97.2 Å². The highest BCUT2D eigenvalue weighted by Crippen LogP contribution is 2.20. The SMILES string of the molecule is c1ccc(COc2ccccc2C[n+]2cccc3ccccc32)cc1. The number of rotatable bonds is 5. The molecule has 0 fully saturated rings. The van der Waals surface area contributed by atoms with Crippen molar-refractivity contribution in [2.75, 3.05) is 0 Å². The van der Waals surface area contributed by atoms with Gasteiger partial charge in [-0.25, -0.2) is 0 Å². The molecule has 0 bridgehead atoms. The van der Waals surface area contributed by atoms with Gasteiger partial charge in [0.2, 0.25) is 5.52 Å². The van der Waals surface area contributed by atoms with Gasteiger partial charge in [0.05, 0.1) is 5.56 Å². The lowest BCUT2D eigenvalue weighted by molar-refractivity contribution is -0.662. The molecule has 0 N–H and O–H groups in total. The first-order valence-corrected chi connectivity index (χ1v) is 8.52. The molecule has 0 aliphatic carbocycles. The van der Waals surface area contributed by atoms with Gasteiger partial charge in [0.25, 0.3) is 0 Å². The quantitative estimate of drug-likeness (QED) is 0.482. The molecule has 2 nitrogen and oxygen atoms in total. The van der Waals surface area contributed by atoms with E-state index in [9.17, 15) is 0 Å². The number of nitrogens with zero attached hydrogens (tertiary/aromatic N) is 1. The molecule has 0 spiro atoms. The zero-order chi connectivity index (χ0) is 16.9. The number of benzene rings is 3. The number of ether oxygens (including phenoxy) is 1. The van der Waals surface area contributed by atoms with Crippen LogP contribution in [0.2, 0.25) is 0 Å². The molecule has 0 aliphatic heterocycles. The van der Waals surface area contributed by atoms with Gasteiger partial charge >= 0.3 is 0 Å². The fourth-order valence-electron chi connectivity index (χ4n) is 3.05. The molecule has 4 rings (SSSR count). The lowest BCUT2D eigenvalue weighted by atomic mass is 10.1. The summed E-state index contributed by atoms with van der Waals surface area (Å²) in [4.78, 5) is 0. The molecule has 0 atom stereocenters. The molecule has 122 valence electrons. The Kier molecular flexibility index (Phi) is 4.42. The first-order valence-electron chi connectivity index (χ1n) is 8.52. The molecule has 0 saturated carbocycles. The van der Waals surface area contributed by atoms with Crippen LogP contribution in [0, 0.1) is 0 Å². The Bertz CT molecular complexity index is 974. The maximum absolute atomic E-state index is 6.09. The van der Waals surface area contributed by atoms with Gasteiger partial charge in [0, 0.05) is 17.5 Å². The first kappa shape index (κ1) is 15.4. The minimum absolute atomic E-state index is 0.581. The highest BCUT2D eigenvalue weighted by atomic mass is 16.5. The van der Waals surface area contributed by atoms with Gasteiger partial charge in [-0.05, 0) is 29.8 Å². The van der Waals surface area contributed by atoms with Gasteiger partial charge in [-0.3, -0.25) is 0 Å². The van der Waals surface area contributed by atoms with Gasteiger partial charge < -0.3 is 4.74 Å². The monoisotopic (exact) mass is 326 g/mol. The molecule has 0 radical (unpaired) electrons. The topological polar surface area (TPSA) is 13.1 Å². The predicted octanol–water partition coefficient (Wildman–Crippen LogP) is 4.75. The van der Waals surface area contributed by atoms with E-state index in [1.54, 1.807) is 0 Å². The number of pyridine rings is 1. The summed E-state index contributed by atoms with van der Waals surface area (Å²) in [7, 11) is 0. The van der Waals surface area contributed by atoms with Gasteiger partial charge in [0.15, 0.2) is 12.7 Å². The maximum Gasteiger partial charge on any atom is 0.212 e. The standard InChI is InChI=1S/C23H20NO/c1-2-9-19(10-3-1)18-25-23-15-7-5-12-21(23)17-24-16-8-13-20-11-4-6-14-22(20)24/h1-16H,17-18H2/q+1. The van der Waals surface area contributed by atoms with Crippen LogP contribution in [0.4, 0.5) is 0 Å². The molecule has 2 heteroatoms. The van der Waals surface area contributed by atoms with Crippen molar-refractivity contribution in [1.82, 2.24) is 0 Å². The van der Waals surface area contributed by atoms with E-state index in [0.717, 1.165) is 12.3 Å². The molecule has 3 aromatic carbocycles. The van der Waals surface area contributed by atoms with Crippen LogP contribution in [0.1, 0.15) is 11.1 Å². The van der Waals surface area contributed by atoms with Crippen molar-refractivity contribution >= 4 is 10.9 Å². The van der Waals surface area contributed by atoms with Crippen LogP contribution in [0.3, 0.4) is 0 Å². The third kappa shape index (κ3) is 3.53. The highest BCUT2D eigenvalue weighted by Gasteiger charge is 2.12. The maximum atomic E-state index is 6.09. The Balaban J connectivity index is 1.60. The minimum atomic E-state index is 0.581. The Morgan fingerprint density at radius 1 is 0.680 bits per heavy atom. The number of hydrogen-bond donors (Lipinski definition) is 0. The van der Waals surface area contributed by atoms with E-state index >= 15 is 0 Å². The van der Waals surface area contributed by atoms with Crippen LogP contribution in [0.5, 0.6) is 5.75 Å². The summed E-state index contributed by atoms with van der Waals surface area (Å²) in [6.45, 7) is 1.37. The summed E-state index contributed by atoms with van der Waals surface area (Å²) in [5.74, 6) is 0.937. The summed E-state index contributed by atoms with van der Waals surface area (Å²) in [6.07, 6.45) is 2.12. The van der Waals surface area contributed by atoms with Crippen LogP contribution in [-0.4, -0.2) is 0 Å². The zero-order valence-electron chi connectivity index (χ0n) is 14.0. The van der Waals surface area contributed by atoms with Gasteiger partial charge in [-0.15, -0.1) is 0 Å². The summed E-state index contributed by atoms with van der Waals surface area (Å²) < 4.78 is 8.36. The second-order valence-corrected chi connectivity index (χ2v) is 6.08. The van der Waals surface area contributed by atoms with E-state index in [2.05, 4.69) is 71.4 Å². The fraction of sp³-hybridized carbons (Fsp3) is 0.0870. The first-order chi connectivity index (χ1) is 12.4. The molecule has 0 aliphatic rings. The molecule has 1 aromatic heterocycles. The van der Waals surface area contributed by atoms with Crippen LogP contribution < -0.4 is 9.30 Å². The van der Waals surface area contributed by atoms with E-state index in [1.807, 2.05) is 30.3 Å². The Labute approximate surface area is 148 Å². The lowest BCUT2D eigenvalue weighted by Crippen LogP contribution is -2.34. The number of para-hydroxylation sites is 2. The summed E-state index contributed by atoms with van der Waals surface area (Å²) in [5, 5.41) is 1.24. The third-order valence-electron chi connectivity index (χ3n) is 4.34.